The minimum absolute atomic E-state index is 0.375. The first-order chi connectivity index (χ1) is 8.97. The number of carbonyl (C=O) groups is 1. The average Bonchev–Trinajstić information content (AvgIpc) is 2.33. The lowest BCUT2D eigenvalue weighted by Crippen LogP contribution is -2.12. The van der Waals surface area contributed by atoms with Gasteiger partial charge in [-0.25, -0.2) is 4.39 Å². The zero-order chi connectivity index (χ0) is 14.0. The Morgan fingerprint density at radius 2 is 1.84 bits per heavy atom. The molecule has 0 aliphatic carbocycles. The lowest BCUT2D eigenvalue weighted by Gasteiger charge is -2.08. The number of ether oxygens (including phenoxy) is 1. The van der Waals surface area contributed by atoms with Gasteiger partial charge in [0.25, 0.3) is 0 Å². The normalized spacial score (nSPS) is 10.3. The smallest absolute Gasteiger partial charge is 0.248 e. The van der Waals surface area contributed by atoms with Gasteiger partial charge in [0.15, 0.2) is 0 Å². The van der Waals surface area contributed by atoms with Crippen LogP contribution in [0.3, 0.4) is 0 Å². The van der Waals surface area contributed by atoms with Gasteiger partial charge in [-0.15, -0.1) is 0 Å². The Hall–Kier alpha value is -1.88. The predicted molar refractivity (Wildman–Crippen MR) is 73.9 cm³/mol. The van der Waals surface area contributed by atoms with Gasteiger partial charge in [-0.2, -0.15) is 0 Å². The number of halogens is 2. The summed E-state index contributed by atoms with van der Waals surface area (Å²) in [6.45, 7) is 1.76. The number of aryl methyl sites for hydroxylation is 1. The van der Waals surface area contributed by atoms with Crippen LogP contribution in [0.2, 0.25) is 0 Å². The van der Waals surface area contributed by atoms with E-state index in [0.717, 1.165) is 0 Å². The lowest BCUT2D eigenvalue weighted by molar-refractivity contribution is 0.0999. The van der Waals surface area contributed by atoms with Crippen molar-refractivity contribution in [3.8, 4) is 11.5 Å². The van der Waals surface area contributed by atoms with Gasteiger partial charge in [-0.1, -0.05) is 0 Å². The van der Waals surface area contributed by atoms with Gasteiger partial charge in [0.2, 0.25) is 5.91 Å². The molecule has 0 unspecified atom stereocenters. The highest BCUT2D eigenvalue weighted by molar-refractivity contribution is 9.10. The van der Waals surface area contributed by atoms with E-state index in [1.54, 1.807) is 37.3 Å². The van der Waals surface area contributed by atoms with Crippen molar-refractivity contribution < 1.29 is 13.9 Å². The van der Waals surface area contributed by atoms with Gasteiger partial charge in [0, 0.05) is 11.6 Å². The van der Waals surface area contributed by atoms with Crippen molar-refractivity contribution in [1.82, 2.24) is 0 Å². The molecule has 3 nitrogen and oxygen atoms in total. The van der Waals surface area contributed by atoms with Gasteiger partial charge in [-0.3, -0.25) is 4.79 Å². The van der Waals surface area contributed by atoms with Gasteiger partial charge < -0.3 is 10.5 Å². The van der Waals surface area contributed by atoms with Crippen molar-refractivity contribution in [3.63, 3.8) is 0 Å². The second-order valence-corrected chi connectivity index (χ2v) is 4.87. The third-order valence-corrected chi connectivity index (χ3v) is 3.23. The summed E-state index contributed by atoms with van der Waals surface area (Å²) in [7, 11) is 0. The van der Waals surface area contributed by atoms with E-state index in [9.17, 15) is 9.18 Å². The molecule has 2 N–H and O–H groups in total. The van der Waals surface area contributed by atoms with E-state index in [1.807, 2.05) is 0 Å². The summed E-state index contributed by atoms with van der Waals surface area (Å²) in [6.07, 6.45) is 0. The summed E-state index contributed by atoms with van der Waals surface area (Å²) < 4.78 is 19.2. The van der Waals surface area contributed by atoms with Crippen LogP contribution >= 0.6 is 15.9 Å². The molecule has 0 heterocycles. The first-order valence-electron chi connectivity index (χ1n) is 5.51. The van der Waals surface area contributed by atoms with Crippen LogP contribution < -0.4 is 10.5 Å². The quantitative estimate of drug-likeness (QED) is 0.934. The van der Waals surface area contributed by atoms with E-state index >= 15 is 0 Å². The molecule has 2 aromatic rings. The van der Waals surface area contributed by atoms with Crippen molar-refractivity contribution in [2.24, 2.45) is 5.73 Å². The lowest BCUT2D eigenvalue weighted by atomic mass is 10.1. The number of primary amides is 1. The molecule has 5 heteroatoms. The molecule has 19 heavy (non-hydrogen) atoms. The van der Waals surface area contributed by atoms with Crippen molar-refractivity contribution >= 4 is 21.8 Å². The number of hydrogen-bond acceptors (Lipinski definition) is 2. The Balaban J connectivity index is 2.26. The van der Waals surface area contributed by atoms with Crippen molar-refractivity contribution in [3.05, 3.63) is 57.8 Å². The molecule has 0 fully saturated rings. The Kier molecular flexibility index (Phi) is 3.85. The number of amides is 1. The van der Waals surface area contributed by atoms with Crippen LogP contribution in [-0.2, 0) is 0 Å². The zero-order valence-corrected chi connectivity index (χ0v) is 11.7. The Bertz CT molecular complexity index is 643. The summed E-state index contributed by atoms with van der Waals surface area (Å²) in [5.74, 6) is 0.0119. The molecule has 0 saturated carbocycles. The molecule has 0 radical (unpaired) electrons. The molecule has 1 amide bonds. The molecule has 0 saturated heterocycles. The van der Waals surface area contributed by atoms with E-state index in [-0.39, 0.29) is 0 Å². The third kappa shape index (κ3) is 3.12. The summed E-state index contributed by atoms with van der Waals surface area (Å²) in [4.78, 5) is 11.1. The highest BCUT2D eigenvalue weighted by atomic mass is 79.9. The Morgan fingerprint density at radius 1 is 1.21 bits per heavy atom. The molecule has 0 bridgehead atoms. The summed E-state index contributed by atoms with van der Waals surface area (Å²) >= 11 is 3.07. The fraction of sp³-hybridized carbons (Fsp3) is 0.0714. The van der Waals surface area contributed by atoms with Crippen molar-refractivity contribution in [2.45, 2.75) is 6.92 Å². The standard InChI is InChI=1S/C14H11BrFNO2/c1-8-6-9(2-4-11(8)14(17)18)19-10-3-5-12(15)13(16)7-10/h2-7H,1H3,(H2,17,18). The maximum Gasteiger partial charge on any atom is 0.248 e. The minimum Gasteiger partial charge on any atom is -0.457 e. The molecule has 0 atom stereocenters. The average molecular weight is 324 g/mol. The first kappa shape index (κ1) is 13.5. The zero-order valence-electron chi connectivity index (χ0n) is 10.1. The largest absolute Gasteiger partial charge is 0.457 e. The topological polar surface area (TPSA) is 52.3 Å². The molecule has 0 aliphatic rings. The molecule has 0 aromatic heterocycles. The van der Waals surface area contributed by atoms with Crippen LogP contribution in [0, 0.1) is 12.7 Å². The molecular formula is C14H11BrFNO2. The summed E-state index contributed by atoms with van der Waals surface area (Å²) in [5, 5.41) is 0. The molecule has 98 valence electrons. The number of hydrogen-bond donors (Lipinski definition) is 1. The third-order valence-electron chi connectivity index (χ3n) is 2.59. The number of benzene rings is 2. The van der Waals surface area contributed by atoms with E-state index in [2.05, 4.69) is 15.9 Å². The number of carbonyl (C=O) groups excluding carboxylic acids is 1. The van der Waals surface area contributed by atoms with Crippen molar-refractivity contribution in [1.29, 1.82) is 0 Å². The fourth-order valence-corrected chi connectivity index (χ4v) is 1.90. The highest BCUT2D eigenvalue weighted by Gasteiger charge is 2.07. The fourth-order valence-electron chi connectivity index (χ4n) is 1.65. The van der Waals surface area contributed by atoms with Crippen LogP contribution in [0.15, 0.2) is 40.9 Å². The molecule has 2 rings (SSSR count). The molecule has 0 spiro atoms. The predicted octanol–water partition coefficient (Wildman–Crippen LogP) is 3.79. The van der Waals surface area contributed by atoms with Crippen LogP contribution in [0.4, 0.5) is 4.39 Å². The summed E-state index contributed by atoms with van der Waals surface area (Å²) in [5.41, 5.74) is 6.37. The van der Waals surface area contributed by atoms with Gasteiger partial charge in [0.1, 0.15) is 17.3 Å². The monoisotopic (exact) mass is 323 g/mol. The second kappa shape index (κ2) is 5.40. The van der Waals surface area contributed by atoms with Gasteiger partial charge in [0.05, 0.1) is 4.47 Å². The molecular weight excluding hydrogens is 313 g/mol. The number of rotatable bonds is 3. The minimum atomic E-state index is -0.487. The highest BCUT2D eigenvalue weighted by Crippen LogP contribution is 2.27. The molecule has 2 aromatic carbocycles. The van der Waals surface area contributed by atoms with Crippen LogP contribution in [0.25, 0.3) is 0 Å². The molecule has 0 aliphatic heterocycles. The van der Waals surface area contributed by atoms with Gasteiger partial charge in [-0.05, 0) is 58.7 Å². The Morgan fingerprint density at radius 3 is 2.42 bits per heavy atom. The van der Waals surface area contributed by atoms with E-state index < -0.39 is 11.7 Å². The number of nitrogens with two attached hydrogens (primary N) is 1. The van der Waals surface area contributed by atoms with Crippen molar-refractivity contribution in [2.75, 3.05) is 0 Å². The first-order valence-corrected chi connectivity index (χ1v) is 6.30. The SMILES string of the molecule is Cc1cc(Oc2ccc(Br)c(F)c2)ccc1C(N)=O. The van der Waals surface area contributed by atoms with E-state index in [1.165, 1.54) is 6.07 Å². The van der Waals surface area contributed by atoms with E-state index in [4.69, 9.17) is 10.5 Å². The van der Waals surface area contributed by atoms with Crippen LogP contribution in [-0.4, -0.2) is 5.91 Å². The maximum absolute atomic E-state index is 13.3. The summed E-state index contributed by atoms with van der Waals surface area (Å²) in [6, 6.07) is 9.37. The maximum atomic E-state index is 13.3. The van der Waals surface area contributed by atoms with Crippen LogP contribution in [0.5, 0.6) is 11.5 Å². The second-order valence-electron chi connectivity index (χ2n) is 4.02. The van der Waals surface area contributed by atoms with E-state index in [0.29, 0.717) is 27.1 Å². The van der Waals surface area contributed by atoms with Crippen LogP contribution in [0.1, 0.15) is 15.9 Å². The van der Waals surface area contributed by atoms with Gasteiger partial charge >= 0.3 is 0 Å². The Labute approximate surface area is 118 Å².